The molecule has 1 N–H and O–H groups in total. The molecule has 1 aromatic carbocycles. The highest BCUT2D eigenvalue weighted by molar-refractivity contribution is 7.89. The van der Waals surface area contributed by atoms with Gasteiger partial charge in [0, 0.05) is 30.3 Å². The molecule has 0 amide bonds. The number of benzene rings is 1. The van der Waals surface area contributed by atoms with Crippen molar-refractivity contribution in [2.45, 2.75) is 43.2 Å². The van der Waals surface area contributed by atoms with Gasteiger partial charge in [0.15, 0.2) is 0 Å². The number of rotatable bonds is 3. The van der Waals surface area contributed by atoms with Crippen molar-refractivity contribution < 1.29 is 13.3 Å². The number of nitrogens with one attached hydrogen (secondary N) is 1. The first-order chi connectivity index (χ1) is 10.4. The Balaban J connectivity index is 0.00000192. The lowest BCUT2D eigenvalue weighted by molar-refractivity contribution is -0.385. The number of nitrogens with zero attached hydrogens (tertiary/aromatic N) is 2. The molecule has 2 unspecified atom stereocenters. The molecule has 9 heteroatoms. The summed E-state index contributed by atoms with van der Waals surface area (Å²) in [6.07, 6.45) is 2.48. The van der Waals surface area contributed by atoms with Crippen LogP contribution in [0.15, 0.2) is 23.1 Å². The standard InChI is InChI=1S/C14H19N3O4S.ClH/c1-10-13(17(18)19)3-2-4-14(10)22(20,21)16-11-5-6-12(16)9-15-8-7-11;/h2-4,11-12,15H,5-9H2,1H3;1H. The molecule has 0 aliphatic carbocycles. The summed E-state index contributed by atoms with van der Waals surface area (Å²) in [4.78, 5) is 10.6. The molecule has 0 spiro atoms. The fourth-order valence-electron chi connectivity index (χ4n) is 3.52. The Labute approximate surface area is 141 Å². The first-order valence-corrected chi connectivity index (χ1v) is 8.85. The Bertz CT molecular complexity index is 696. The van der Waals surface area contributed by atoms with E-state index in [1.807, 2.05) is 0 Å². The molecule has 2 saturated heterocycles. The first-order valence-electron chi connectivity index (χ1n) is 7.41. The lowest BCUT2D eigenvalue weighted by Gasteiger charge is -2.27. The normalized spacial score (nSPS) is 24.7. The van der Waals surface area contributed by atoms with Gasteiger partial charge in [-0.2, -0.15) is 4.31 Å². The second-order valence-electron chi connectivity index (χ2n) is 5.87. The van der Waals surface area contributed by atoms with Gasteiger partial charge in [-0.3, -0.25) is 10.1 Å². The minimum Gasteiger partial charge on any atom is -0.315 e. The summed E-state index contributed by atoms with van der Waals surface area (Å²) < 4.78 is 27.7. The summed E-state index contributed by atoms with van der Waals surface area (Å²) in [5.41, 5.74) is 0.0606. The molecule has 0 aromatic heterocycles. The van der Waals surface area contributed by atoms with E-state index in [9.17, 15) is 18.5 Å². The zero-order valence-electron chi connectivity index (χ0n) is 12.8. The molecule has 2 aliphatic rings. The Hall–Kier alpha value is -1.22. The van der Waals surface area contributed by atoms with Crippen LogP contribution in [0.3, 0.4) is 0 Å². The molecule has 2 aliphatic heterocycles. The third-order valence-electron chi connectivity index (χ3n) is 4.59. The second-order valence-corrected chi connectivity index (χ2v) is 7.68. The van der Waals surface area contributed by atoms with Crippen molar-refractivity contribution in [2.24, 2.45) is 0 Å². The molecule has 0 radical (unpaired) electrons. The van der Waals surface area contributed by atoms with E-state index >= 15 is 0 Å². The van der Waals surface area contributed by atoms with Gasteiger partial charge in [0.1, 0.15) is 0 Å². The van der Waals surface area contributed by atoms with E-state index in [1.165, 1.54) is 25.1 Å². The molecular weight excluding hydrogens is 342 g/mol. The van der Waals surface area contributed by atoms with Crippen molar-refractivity contribution in [1.29, 1.82) is 0 Å². The summed E-state index contributed by atoms with van der Waals surface area (Å²) in [5.74, 6) is 0. The van der Waals surface area contributed by atoms with Crippen LogP contribution < -0.4 is 5.32 Å². The minimum absolute atomic E-state index is 0. The number of nitro benzene ring substituents is 1. The van der Waals surface area contributed by atoms with Crippen LogP contribution in [-0.4, -0.2) is 42.8 Å². The fourth-order valence-corrected chi connectivity index (χ4v) is 5.67. The van der Waals surface area contributed by atoms with Crippen LogP contribution in [0.2, 0.25) is 0 Å². The van der Waals surface area contributed by atoms with E-state index in [-0.39, 0.29) is 40.6 Å². The lowest BCUT2D eigenvalue weighted by Crippen LogP contribution is -2.42. The summed E-state index contributed by atoms with van der Waals surface area (Å²) in [6.45, 7) is 2.95. The molecule has 2 heterocycles. The fraction of sp³-hybridized carbons (Fsp3) is 0.571. The van der Waals surface area contributed by atoms with Gasteiger partial charge >= 0.3 is 0 Å². The molecule has 2 fully saturated rings. The number of nitro groups is 1. The highest BCUT2D eigenvalue weighted by Gasteiger charge is 2.43. The number of hydrogen-bond donors (Lipinski definition) is 1. The van der Waals surface area contributed by atoms with Gasteiger partial charge in [-0.1, -0.05) is 6.07 Å². The number of hydrogen-bond acceptors (Lipinski definition) is 5. The summed E-state index contributed by atoms with van der Waals surface area (Å²) in [5, 5.41) is 14.3. The Morgan fingerprint density at radius 3 is 2.65 bits per heavy atom. The van der Waals surface area contributed by atoms with Gasteiger partial charge in [-0.25, -0.2) is 8.42 Å². The van der Waals surface area contributed by atoms with E-state index in [0.717, 1.165) is 25.8 Å². The Kier molecular flexibility index (Phi) is 5.30. The summed E-state index contributed by atoms with van der Waals surface area (Å²) in [7, 11) is -3.72. The summed E-state index contributed by atoms with van der Waals surface area (Å²) >= 11 is 0. The van der Waals surface area contributed by atoms with Crippen molar-refractivity contribution in [3.8, 4) is 0 Å². The maximum Gasteiger partial charge on any atom is 0.273 e. The van der Waals surface area contributed by atoms with Crippen LogP contribution in [0.1, 0.15) is 24.8 Å². The zero-order chi connectivity index (χ0) is 15.9. The zero-order valence-corrected chi connectivity index (χ0v) is 14.4. The van der Waals surface area contributed by atoms with Gasteiger partial charge in [-0.05, 0) is 38.8 Å². The largest absolute Gasteiger partial charge is 0.315 e. The highest BCUT2D eigenvalue weighted by Crippen LogP contribution is 2.36. The van der Waals surface area contributed by atoms with Gasteiger partial charge in [0.2, 0.25) is 10.0 Å². The van der Waals surface area contributed by atoms with E-state index in [4.69, 9.17) is 0 Å². The third kappa shape index (κ3) is 3.08. The number of halogens is 1. The molecule has 23 heavy (non-hydrogen) atoms. The maximum absolute atomic E-state index is 13.1. The average Bonchev–Trinajstić information content (AvgIpc) is 2.72. The topological polar surface area (TPSA) is 92.5 Å². The lowest BCUT2D eigenvalue weighted by atomic mass is 10.1. The van der Waals surface area contributed by atoms with Crippen molar-refractivity contribution in [3.63, 3.8) is 0 Å². The monoisotopic (exact) mass is 361 g/mol. The molecular formula is C14H20ClN3O4S. The van der Waals surface area contributed by atoms with E-state index in [0.29, 0.717) is 6.54 Å². The summed E-state index contributed by atoms with van der Waals surface area (Å²) in [6, 6.07) is 4.18. The smallest absolute Gasteiger partial charge is 0.273 e. The van der Waals surface area contributed by atoms with Crippen molar-refractivity contribution in [3.05, 3.63) is 33.9 Å². The Morgan fingerprint density at radius 2 is 1.96 bits per heavy atom. The minimum atomic E-state index is -3.72. The SMILES string of the molecule is Cc1c([N+](=O)[O-])cccc1S(=O)(=O)N1C2CCNCC1CC2.Cl. The van der Waals surface area contributed by atoms with Crippen LogP contribution in [0.25, 0.3) is 0 Å². The predicted molar refractivity (Wildman–Crippen MR) is 88.4 cm³/mol. The van der Waals surface area contributed by atoms with Gasteiger partial charge in [-0.15, -0.1) is 12.4 Å². The van der Waals surface area contributed by atoms with Crippen molar-refractivity contribution >= 4 is 28.1 Å². The van der Waals surface area contributed by atoms with Crippen LogP contribution in [-0.2, 0) is 10.0 Å². The number of fused-ring (bicyclic) bond motifs is 2. The van der Waals surface area contributed by atoms with Crippen LogP contribution >= 0.6 is 12.4 Å². The first kappa shape index (κ1) is 18.1. The molecule has 2 atom stereocenters. The predicted octanol–water partition coefficient (Wildman–Crippen LogP) is 1.84. The third-order valence-corrected chi connectivity index (χ3v) is 6.74. The maximum atomic E-state index is 13.1. The van der Waals surface area contributed by atoms with E-state index in [2.05, 4.69) is 5.32 Å². The second kappa shape index (κ2) is 6.72. The average molecular weight is 362 g/mol. The van der Waals surface area contributed by atoms with Gasteiger partial charge in [0.05, 0.1) is 9.82 Å². The van der Waals surface area contributed by atoms with Gasteiger partial charge in [0.25, 0.3) is 5.69 Å². The van der Waals surface area contributed by atoms with E-state index in [1.54, 1.807) is 4.31 Å². The quantitative estimate of drug-likeness (QED) is 0.655. The van der Waals surface area contributed by atoms with Crippen molar-refractivity contribution in [2.75, 3.05) is 13.1 Å². The van der Waals surface area contributed by atoms with Crippen molar-refractivity contribution in [1.82, 2.24) is 9.62 Å². The molecule has 3 rings (SSSR count). The molecule has 2 bridgehead atoms. The van der Waals surface area contributed by atoms with Crippen LogP contribution in [0, 0.1) is 17.0 Å². The van der Waals surface area contributed by atoms with Crippen LogP contribution in [0.5, 0.6) is 0 Å². The molecule has 7 nitrogen and oxygen atoms in total. The van der Waals surface area contributed by atoms with E-state index < -0.39 is 14.9 Å². The highest BCUT2D eigenvalue weighted by atomic mass is 35.5. The van der Waals surface area contributed by atoms with Crippen LogP contribution in [0.4, 0.5) is 5.69 Å². The number of sulfonamides is 1. The molecule has 1 aromatic rings. The molecule has 0 saturated carbocycles. The van der Waals surface area contributed by atoms with Gasteiger partial charge < -0.3 is 5.32 Å². The molecule has 128 valence electrons. The Morgan fingerprint density at radius 1 is 1.26 bits per heavy atom.